The van der Waals surface area contributed by atoms with Crippen LogP contribution in [0, 0.1) is 0 Å². The van der Waals surface area contributed by atoms with Crippen molar-refractivity contribution < 1.29 is 24.8 Å². The number of aromatic carboxylic acids is 1. The molecule has 0 aliphatic heterocycles. The van der Waals surface area contributed by atoms with Crippen LogP contribution in [0.4, 0.5) is 0 Å². The summed E-state index contributed by atoms with van der Waals surface area (Å²) in [5.74, 6) is -0.822. The van der Waals surface area contributed by atoms with Crippen molar-refractivity contribution in [1.29, 1.82) is 0 Å². The monoisotopic (exact) mass is 184 g/mol. The molecule has 0 aromatic heterocycles. The van der Waals surface area contributed by atoms with E-state index in [0.29, 0.717) is 0 Å². The molecule has 1 rings (SSSR count). The fraction of sp³-hybridized carbons (Fsp3) is 0.125. The van der Waals surface area contributed by atoms with Gasteiger partial charge in [-0.3, -0.25) is 0 Å². The lowest BCUT2D eigenvalue weighted by molar-refractivity contribution is -0.139. The molecule has 0 unspecified atom stereocenters. The molecular formula is C8H8O5. The van der Waals surface area contributed by atoms with Crippen LogP contribution in [0.5, 0.6) is 11.5 Å². The smallest absolute Gasteiger partial charge is 0.335 e. The molecule has 0 amide bonds. The number of hydrogen-bond acceptors (Lipinski definition) is 4. The number of carbonyl (C=O) groups is 1. The molecule has 2 N–H and O–H groups in total. The second kappa shape index (κ2) is 3.77. The first-order valence-corrected chi connectivity index (χ1v) is 3.41. The maximum absolute atomic E-state index is 10.5. The van der Waals surface area contributed by atoms with E-state index in [2.05, 4.69) is 4.89 Å². The summed E-state index contributed by atoms with van der Waals surface area (Å²) < 4.78 is 4.78. The molecule has 0 heterocycles. The lowest BCUT2D eigenvalue weighted by Gasteiger charge is -2.05. The number of ether oxygens (including phenoxy) is 1. The Morgan fingerprint density at radius 3 is 2.54 bits per heavy atom. The first kappa shape index (κ1) is 9.34. The molecule has 70 valence electrons. The molecule has 13 heavy (non-hydrogen) atoms. The minimum atomic E-state index is -1.07. The molecule has 5 nitrogen and oxygen atoms in total. The van der Waals surface area contributed by atoms with Gasteiger partial charge in [0.15, 0.2) is 5.75 Å². The first-order chi connectivity index (χ1) is 6.19. The Labute approximate surface area is 74.1 Å². The summed E-state index contributed by atoms with van der Waals surface area (Å²) in [4.78, 5) is 14.5. The highest BCUT2D eigenvalue weighted by Gasteiger charge is 2.09. The maximum Gasteiger partial charge on any atom is 0.335 e. The van der Waals surface area contributed by atoms with Gasteiger partial charge in [0, 0.05) is 0 Å². The average molecular weight is 184 g/mol. The Morgan fingerprint density at radius 2 is 2.08 bits per heavy atom. The van der Waals surface area contributed by atoms with Gasteiger partial charge in [0.1, 0.15) is 0 Å². The molecule has 0 aliphatic carbocycles. The molecule has 1 aromatic rings. The Morgan fingerprint density at radius 1 is 1.38 bits per heavy atom. The van der Waals surface area contributed by atoms with Gasteiger partial charge in [0.05, 0.1) is 12.7 Å². The summed E-state index contributed by atoms with van der Waals surface area (Å²) >= 11 is 0. The van der Waals surface area contributed by atoms with Crippen molar-refractivity contribution in [3.05, 3.63) is 23.8 Å². The molecular weight excluding hydrogens is 176 g/mol. The van der Waals surface area contributed by atoms with E-state index in [-0.39, 0.29) is 17.1 Å². The van der Waals surface area contributed by atoms with E-state index in [1.807, 2.05) is 0 Å². The fourth-order valence-corrected chi connectivity index (χ4v) is 0.876. The van der Waals surface area contributed by atoms with Gasteiger partial charge in [-0.05, 0) is 18.2 Å². The van der Waals surface area contributed by atoms with Gasteiger partial charge in [0.25, 0.3) is 0 Å². The number of benzene rings is 1. The van der Waals surface area contributed by atoms with E-state index < -0.39 is 5.97 Å². The van der Waals surface area contributed by atoms with Gasteiger partial charge >= 0.3 is 5.97 Å². The highest BCUT2D eigenvalue weighted by Crippen LogP contribution is 2.27. The predicted molar refractivity (Wildman–Crippen MR) is 43.2 cm³/mol. The topological polar surface area (TPSA) is 76.0 Å². The van der Waals surface area contributed by atoms with E-state index in [1.54, 1.807) is 0 Å². The van der Waals surface area contributed by atoms with E-state index >= 15 is 0 Å². The minimum Gasteiger partial charge on any atom is -0.493 e. The molecule has 0 aliphatic rings. The zero-order valence-electron chi connectivity index (χ0n) is 6.85. The van der Waals surface area contributed by atoms with E-state index in [9.17, 15) is 4.79 Å². The van der Waals surface area contributed by atoms with E-state index in [0.717, 1.165) is 0 Å². The Bertz CT molecular complexity index is 320. The summed E-state index contributed by atoms with van der Waals surface area (Å²) in [6.07, 6.45) is 0. The largest absolute Gasteiger partial charge is 0.493 e. The SMILES string of the molecule is COc1cc(C(=O)O)ccc1OO. The third-order valence-electron chi connectivity index (χ3n) is 1.51. The molecule has 0 bridgehead atoms. The van der Waals surface area contributed by atoms with Gasteiger partial charge in [0.2, 0.25) is 5.75 Å². The van der Waals surface area contributed by atoms with Crippen LogP contribution in [0.25, 0.3) is 0 Å². The fourth-order valence-electron chi connectivity index (χ4n) is 0.876. The van der Waals surface area contributed by atoms with E-state index in [1.165, 1.54) is 25.3 Å². The normalized spacial score (nSPS) is 9.38. The van der Waals surface area contributed by atoms with Crippen LogP contribution < -0.4 is 9.62 Å². The van der Waals surface area contributed by atoms with Crippen LogP contribution in [0.3, 0.4) is 0 Å². The quantitative estimate of drug-likeness (QED) is 0.546. The van der Waals surface area contributed by atoms with Crippen molar-refractivity contribution in [1.82, 2.24) is 0 Å². The van der Waals surface area contributed by atoms with Crippen molar-refractivity contribution in [3.8, 4) is 11.5 Å². The molecule has 5 heteroatoms. The number of carboxylic acid groups (broad SMARTS) is 1. The number of methoxy groups -OCH3 is 1. The van der Waals surface area contributed by atoms with Crippen LogP contribution in [0.15, 0.2) is 18.2 Å². The molecule has 0 saturated heterocycles. The predicted octanol–water partition coefficient (Wildman–Crippen LogP) is 1.25. The van der Waals surface area contributed by atoms with Crippen LogP contribution in [0.1, 0.15) is 10.4 Å². The first-order valence-electron chi connectivity index (χ1n) is 3.41. The molecule has 0 saturated carbocycles. The zero-order valence-corrected chi connectivity index (χ0v) is 6.85. The lowest BCUT2D eigenvalue weighted by atomic mass is 10.2. The van der Waals surface area contributed by atoms with Gasteiger partial charge in [-0.15, -0.1) is 0 Å². The van der Waals surface area contributed by atoms with Gasteiger partial charge in [-0.25, -0.2) is 10.1 Å². The van der Waals surface area contributed by atoms with Crippen molar-refractivity contribution in [2.75, 3.05) is 7.11 Å². The number of carboxylic acids is 1. The third kappa shape index (κ3) is 1.88. The van der Waals surface area contributed by atoms with Crippen molar-refractivity contribution >= 4 is 5.97 Å². The molecule has 1 aromatic carbocycles. The second-order valence-corrected chi connectivity index (χ2v) is 2.26. The number of hydrogen-bond donors (Lipinski definition) is 2. The van der Waals surface area contributed by atoms with Crippen molar-refractivity contribution in [2.45, 2.75) is 0 Å². The van der Waals surface area contributed by atoms with Crippen LogP contribution >= 0.6 is 0 Å². The maximum atomic E-state index is 10.5. The Hall–Kier alpha value is -1.75. The van der Waals surface area contributed by atoms with Crippen molar-refractivity contribution in [3.63, 3.8) is 0 Å². The molecule has 0 fully saturated rings. The highest BCUT2D eigenvalue weighted by atomic mass is 17.1. The van der Waals surface area contributed by atoms with Crippen LogP contribution in [-0.2, 0) is 0 Å². The zero-order chi connectivity index (χ0) is 9.84. The summed E-state index contributed by atoms with van der Waals surface area (Å²) in [7, 11) is 1.35. The summed E-state index contributed by atoms with van der Waals surface area (Å²) in [5, 5.41) is 17.0. The van der Waals surface area contributed by atoms with Crippen LogP contribution in [-0.4, -0.2) is 23.4 Å². The van der Waals surface area contributed by atoms with Gasteiger partial charge in [-0.1, -0.05) is 0 Å². The molecule has 0 radical (unpaired) electrons. The second-order valence-electron chi connectivity index (χ2n) is 2.26. The standard InChI is InChI=1S/C8H8O5/c1-12-7-4-5(8(9)10)2-3-6(7)13-11/h2-4,11H,1H3,(H,9,10). The summed E-state index contributed by atoms with van der Waals surface area (Å²) in [6.45, 7) is 0. The van der Waals surface area contributed by atoms with Crippen LogP contribution in [0.2, 0.25) is 0 Å². The average Bonchev–Trinajstić information content (AvgIpc) is 2.16. The van der Waals surface area contributed by atoms with Gasteiger partial charge < -0.3 is 14.7 Å². The summed E-state index contributed by atoms with van der Waals surface area (Å²) in [5.41, 5.74) is 0.0673. The minimum absolute atomic E-state index is 0.0673. The highest BCUT2D eigenvalue weighted by molar-refractivity contribution is 5.88. The lowest BCUT2D eigenvalue weighted by Crippen LogP contribution is -1.98. The Balaban J connectivity index is 3.13. The summed E-state index contributed by atoms with van der Waals surface area (Å²) in [6, 6.07) is 3.87. The van der Waals surface area contributed by atoms with Crippen molar-refractivity contribution in [2.24, 2.45) is 0 Å². The van der Waals surface area contributed by atoms with Gasteiger partial charge in [-0.2, -0.15) is 0 Å². The van der Waals surface area contributed by atoms with E-state index in [4.69, 9.17) is 15.1 Å². The molecule has 0 atom stereocenters. The molecule has 0 spiro atoms. The number of rotatable bonds is 3. The Kier molecular flexibility index (Phi) is 2.71. The third-order valence-corrected chi connectivity index (χ3v) is 1.51.